The van der Waals surface area contributed by atoms with Crippen LogP contribution in [-0.4, -0.2) is 48.6 Å². The molecular formula is C11H18F3NO3. The number of likely N-dealkylation sites (tertiary alicyclic amines) is 1. The zero-order chi connectivity index (χ0) is 13.6. The maximum atomic E-state index is 11.8. The summed E-state index contributed by atoms with van der Waals surface area (Å²) in [5.74, 6) is -0.562. The van der Waals surface area contributed by atoms with Gasteiger partial charge in [-0.25, -0.2) is 0 Å². The molecule has 0 aromatic carbocycles. The molecule has 0 aliphatic carbocycles. The van der Waals surface area contributed by atoms with Gasteiger partial charge in [-0.05, 0) is 31.7 Å². The number of carbonyl (C=O) groups is 1. The van der Waals surface area contributed by atoms with E-state index in [1.54, 1.807) is 0 Å². The monoisotopic (exact) mass is 269 g/mol. The molecule has 4 nitrogen and oxygen atoms in total. The minimum atomic E-state index is -4.57. The van der Waals surface area contributed by atoms with E-state index in [4.69, 9.17) is 5.11 Å². The van der Waals surface area contributed by atoms with Gasteiger partial charge in [0, 0.05) is 19.5 Å². The van der Waals surface area contributed by atoms with E-state index in [9.17, 15) is 18.0 Å². The Hall–Kier alpha value is -0.820. The van der Waals surface area contributed by atoms with Crippen LogP contribution in [0.2, 0.25) is 0 Å². The summed E-state index contributed by atoms with van der Waals surface area (Å²) in [6.45, 7) is 1.29. The third-order valence-corrected chi connectivity index (χ3v) is 3.04. The molecule has 0 spiro atoms. The molecule has 1 fully saturated rings. The SMILES string of the molecule is O=C(O)CCC1CCCN(CCOC(F)(F)F)C1. The molecule has 1 rings (SSSR count). The van der Waals surface area contributed by atoms with Crippen molar-refractivity contribution in [2.45, 2.75) is 32.0 Å². The van der Waals surface area contributed by atoms with Crippen LogP contribution < -0.4 is 0 Å². The van der Waals surface area contributed by atoms with Crippen LogP contribution in [0.5, 0.6) is 0 Å². The molecule has 1 atom stereocenters. The van der Waals surface area contributed by atoms with Crippen molar-refractivity contribution >= 4 is 5.97 Å². The van der Waals surface area contributed by atoms with Crippen molar-refractivity contribution < 1.29 is 27.8 Å². The first-order valence-electron chi connectivity index (χ1n) is 6.01. The number of alkyl halides is 3. The third-order valence-electron chi connectivity index (χ3n) is 3.04. The predicted octanol–water partition coefficient (Wildman–Crippen LogP) is 2.10. The van der Waals surface area contributed by atoms with Gasteiger partial charge in [0.05, 0.1) is 6.61 Å². The fourth-order valence-corrected chi connectivity index (χ4v) is 2.21. The number of ether oxygens (including phenoxy) is 1. The van der Waals surface area contributed by atoms with E-state index in [1.807, 2.05) is 4.90 Å². The average molecular weight is 269 g/mol. The fourth-order valence-electron chi connectivity index (χ4n) is 2.21. The molecule has 1 N–H and O–H groups in total. The quantitative estimate of drug-likeness (QED) is 0.802. The lowest BCUT2D eigenvalue weighted by molar-refractivity contribution is -0.325. The molecule has 0 aromatic rings. The Bertz CT molecular complexity index is 271. The number of piperidine rings is 1. The number of carboxylic acids is 1. The maximum Gasteiger partial charge on any atom is 0.522 e. The molecule has 106 valence electrons. The van der Waals surface area contributed by atoms with Crippen molar-refractivity contribution in [1.82, 2.24) is 4.90 Å². The van der Waals surface area contributed by atoms with Crippen LogP contribution in [-0.2, 0) is 9.53 Å². The Morgan fingerprint density at radius 1 is 1.44 bits per heavy atom. The first kappa shape index (κ1) is 15.2. The molecule has 0 amide bonds. The standard InChI is InChI=1S/C11H18F3NO3/c12-11(13,14)18-7-6-15-5-1-2-9(8-15)3-4-10(16)17/h9H,1-8H2,(H,16,17). The molecule has 0 bridgehead atoms. The van der Waals surface area contributed by atoms with Crippen LogP contribution in [0.15, 0.2) is 0 Å². The number of aliphatic carboxylic acids is 1. The smallest absolute Gasteiger partial charge is 0.481 e. The molecule has 1 aliphatic rings. The summed E-state index contributed by atoms with van der Waals surface area (Å²) in [4.78, 5) is 12.4. The Morgan fingerprint density at radius 3 is 2.78 bits per heavy atom. The van der Waals surface area contributed by atoms with Gasteiger partial charge in [0.2, 0.25) is 0 Å². The minimum Gasteiger partial charge on any atom is -0.481 e. The van der Waals surface area contributed by atoms with Crippen molar-refractivity contribution in [3.63, 3.8) is 0 Å². The summed E-state index contributed by atoms with van der Waals surface area (Å²) >= 11 is 0. The summed E-state index contributed by atoms with van der Waals surface area (Å²) < 4.78 is 39.1. The fraction of sp³-hybridized carbons (Fsp3) is 0.909. The zero-order valence-electron chi connectivity index (χ0n) is 10.1. The van der Waals surface area contributed by atoms with E-state index in [0.717, 1.165) is 19.4 Å². The molecule has 0 aromatic heterocycles. The van der Waals surface area contributed by atoms with Crippen LogP contribution in [0.1, 0.15) is 25.7 Å². The van der Waals surface area contributed by atoms with Crippen molar-refractivity contribution in [3.8, 4) is 0 Å². The lowest BCUT2D eigenvalue weighted by Crippen LogP contribution is -2.38. The lowest BCUT2D eigenvalue weighted by atomic mass is 9.93. The first-order chi connectivity index (χ1) is 8.37. The molecule has 0 saturated carbocycles. The van der Waals surface area contributed by atoms with Gasteiger partial charge in [0.25, 0.3) is 0 Å². The number of hydrogen-bond acceptors (Lipinski definition) is 3. The van der Waals surface area contributed by atoms with Gasteiger partial charge < -0.3 is 10.0 Å². The number of halogens is 3. The second-order valence-electron chi connectivity index (χ2n) is 4.54. The molecule has 7 heteroatoms. The van der Waals surface area contributed by atoms with Gasteiger partial charge in [-0.3, -0.25) is 9.53 Å². The second-order valence-corrected chi connectivity index (χ2v) is 4.54. The Morgan fingerprint density at radius 2 is 2.17 bits per heavy atom. The van der Waals surface area contributed by atoms with Crippen LogP contribution in [0.3, 0.4) is 0 Å². The number of rotatable bonds is 6. The highest BCUT2D eigenvalue weighted by molar-refractivity contribution is 5.66. The van der Waals surface area contributed by atoms with E-state index >= 15 is 0 Å². The van der Waals surface area contributed by atoms with E-state index in [1.165, 1.54) is 0 Å². The topological polar surface area (TPSA) is 49.8 Å². The van der Waals surface area contributed by atoms with Gasteiger partial charge >= 0.3 is 12.3 Å². The highest BCUT2D eigenvalue weighted by Gasteiger charge is 2.29. The van der Waals surface area contributed by atoms with Crippen LogP contribution >= 0.6 is 0 Å². The van der Waals surface area contributed by atoms with Crippen molar-refractivity contribution in [3.05, 3.63) is 0 Å². The van der Waals surface area contributed by atoms with Crippen molar-refractivity contribution in [1.29, 1.82) is 0 Å². The van der Waals surface area contributed by atoms with E-state index in [2.05, 4.69) is 4.74 Å². The van der Waals surface area contributed by atoms with Crippen LogP contribution in [0.25, 0.3) is 0 Å². The largest absolute Gasteiger partial charge is 0.522 e. The van der Waals surface area contributed by atoms with E-state index < -0.39 is 12.3 Å². The molecule has 18 heavy (non-hydrogen) atoms. The normalized spacial score (nSPS) is 22.1. The highest BCUT2D eigenvalue weighted by Crippen LogP contribution is 2.21. The molecule has 0 radical (unpaired) electrons. The number of hydrogen-bond donors (Lipinski definition) is 1. The van der Waals surface area contributed by atoms with Crippen molar-refractivity contribution in [2.24, 2.45) is 5.92 Å². The molecule has 1 unspecified atom stereocenters. The molecular weight excluding hydrogens is 251 g/mol. The Balaban J connectivity index is 2.20. The minimum absolute atomic E-state index is 0.123. The Labute approximate surface area is 104 Å². The third kappa shape index (κ3) is 6.80. The first-order valence-corrected chi connectivity index (χ1v) is 6.01. The summed E-state index contributed by atoms with van der Waals surface area (Å²) in [5, 5.41) is 8.58. The van der Waals surface area contributed by atoms with Gasteiger partial charge in [-0.2, -0.15) is 0 Å². The zero-order valence-corrected chi connectivity index (χ0v) is 10.1. The summed E-state index contributed by atoms with van der Waals surface area (Å²) in [6, 6.07) is 0. The number of carboxylic acid groups (broad SMARTS) is 1. The van der Waals surface area contributed by atoms with Gasteiger partial charge in [-0.1, -0.05) is 0 Å². The van der Waals surface area contributed by atoms with Crippen molar-refractivity contribution in [2.75, 3.05) is 26.2 Å². The van der Waals surface area contributed by atoms with Gasteiger partial charge in [0.1, 0.15) is 0 Å². The average Bonchev–Trinajstić information content (AvgIpc) is 2.25. The van der Waals surface area contributed by atoms with Crippen LogP contribution in [0.4, 0.5) is 13.2 Å². The molecule has 1 saturated heterocycles. The lowest BCUT2D eigenvalue weighted by Gasteiger charge is -2.32. The summed E-state index contributed by atoms with van der Waals surface area (Å²) in [6.07, 6.45) is -2.01. The van der Waals surface area contributed by atoms with Gasteiger partial charge in [-0.15, -0.1) is 13.2 Å². The highest BCUT2D eigenvalue weighted by atomic mass is 19.4. The number of nitrogens with zero attached hydrogens (tertiary/aromatic N) is 1. The molecule has 1 heterocycles. The molecule has 1 aliphatic heterocycles. The van der Waals surface area contributed by atoms with E-state index in [0.29, 0.717) is 13.0 Å². The van der Waals surface area contributed by atoms with Crippen LogP contribution in [0, 0.1) is 5.92 Å². The summed E-state index contributed by atoms with van der Waals surface area (Å²) in [5.41, 5.74) is 0. The maximum absolute atomic E-state index is 11.8. The second kappa shape index (κ2) is 6.94. The van der Waals surface area contributed by atoms with Gasteiger partial charge in [0.15, 0.2) is 0 Å². The predicted molar refractivity (Wildman–Crippen MR) is 58.0 cm³/mol. The Kier molecular flexibility index (Phi) is 5.87. The summed E-state index contributed by atoms with van der Waals surface area (Å²) in [7, 11) is 0. The van der Waals surface area contributed by atoms with E-state index in [-0.39, 0.29) is 25.5 Å².